The largest absolute Gasteiger partial charge is 0.457 e. The van der Waals surface area contributed by atoms with Crippen LogP contribution in [0.25, 0.3) is 10.4 Å². The van der Waals surface area contributed by atoms with E-state index in [0.29, 0.717) is 17.5 Å². The predicted octanol–water partition coefficient (Wildman–Crippen LogP) is 5.71. The molecule has 0 N–H and O–H groups in total. The van der Waals surface area contributed by atoms with Crippen molar-refractivity contribution in [2.45, 2.75) is 64.0 Å². The lowest BCUT2D eigenvalue weighted by atomic mass is 9.92. The van der Waals surface area contributed by atoms with Crippen molar-refractivity contribution in [3.8, 4) is 10.4 Å². The highest BCUT2D eigenvalue weighted by Crippen LogP contribution is 2.40. The van der Waals surface area contributed by atoms with Gasteiger partial charge in [0.25, 0.3) is 0 Å². The van der Waals surface area contributed by atoms with E-state index in [0.717, 1.165) is 26.9 Å². The first kappa shape index (κ1) is 29.7. The number of benzene rings is 2. The van der Waals surface area contributed by atoms with E-state index < -0.39 is 59.4 Å². The molecule has 7 nitrogen and oxygen atoms in total. The van der Waals surface area contributed by atoms with Crippen LogP contribution in [0, 0.1) is 18.6 Å². The molecule has 0 amide bonds. The summed E-state index contributed by atoms with van der Waals surface area (Å²) in [5.74, 6) is -3.76. The second-order valence-corrected chi connectivity index (χ2v) is 11.2. The number of ether oxygens (including phenoxy) is 4. The quantitative estimate of drug-likeness (QED) is 0.214. The lowest BCUT2D eigenvalue weighted by Crippen LogP contribution is -2.56. The van der Waals surface area contributed by atoms with E-state index in [-0.39, 0.29) is 0 Å². The standard InChI is InChI=1S/C29H28F2O7S2/c1-14-5-6-19(11-20(14)12-21-8-10-24(40-21)18-7-9-22(30)23(31)13-18)25-28(39)26(35-15(2)32)27(36-16(3)33)29(38-25)37-17(4)34/h5-11,13,25-29,39H,12H2,1-4H3/t25?,26-,27-,28-,29-/m0/s1. The number of hydrogen-bond donors (Lipinski definition) is 1. The summed E-state index contributed by atoms with van der Waals surface area (Å²) in [6.45, 7) is 5.56. The van der Waals surface area contributed by atoms with Crippen molar-refractivity contribution in [1.29, 1.82) is 0 Å². The minimum atomic E-state index is -1.33. The summed E-state index contributed by atoms with van der Waals surface area (Å²) in [5, 5.41) is -0.766. The maximum absolute atomic E-state index is 13.7. The number of carbonyl (C=O) groups is 3. The molecule has 212 valence electrons. The highest BCUT2D eigenvalue weighted by Gasteiger charge is 2.50. The topological polar surface area (TPSA) is 88.1 Å². The Labute approximate surface area is 239 Å². The highest BCUT2D eigenvalue weighted by molar-refractivity contribution is 7.81. The maximum atomic E-state index is 13.7. The van der Waals surface area contributed by atoms with Crippen LogP contribution in [-0.2, 0) is 39.8 Å². The average Bonchev–Trinajstić information content (AvgIpc) is 3.34. The van der Waals surface area contributed by atoms with Crippen LogP contribution in [0.4, 0.5) is 8.78 Å². The minimum absolute atomic E-state index is 0.550. The monoisotopic (exact) mass is 590 g/mol. The maximum Gasteiger partial charge on any atom is 0.305 e. The number of thiophene rings is 1. The minimum Gasteiger partial charge on any atom is -0.457 e. The normalized spacial score (nSPS) is 22.4. The summed E-state index contributed by atoms with van der Waals surface area (Å²) in [6.07, 6.45) is -3.85. The molecule has 1 unspecified atom stereocenters. The van der Waals surface area contributed by atoms with Gasteiger partial charge >= 0.3 is 17.9 Å². The molecule has 11 heteroatoms. The van der Waals surface area contributed by atoms with Gasteiger partial charge in [0.2, 0.25) is 12.4 Å². The second-order valence-electron chi connectivity index (χ2n) is 9.43. The molecule has 3 aromatic rings. The van der Waals surface area contributed by atoms with Crippen LogP contribution < -0.4 is 0 Å². The summed E-state index contributed by atoms with van der Waals surface area (Å²) in [4.78, 5) is 37.3. The van der Waals surface area contributed by atoms with Gasteiger partial charge in [0.15, 0.2) is 17.7 Å². The lowest BCUT2D eigenvalue weighted by Gasteiger charge is -2.43. The van der Waals surface area contributed by atoms with Gasteiger partial charge in [0.1, 0.15) is 6.10 Å². The Morgan fingerprint density at radius 3 is 2.20 bits per heavy atom. The fraction of sp³-hybridized carbons (Fsp3) is 0.345. The van der Waals surface area contributed by atoms with Crippen LogP contribution in [0.2, 0.25) is 0 Å². The molecule has 40 heavy (non-hydrogen) atoms. The number of aryl methyl sites for hydroxylation is 1. The zero-order valence-corrected chi connectivity index (χ0v) is 23.9. The first-order valence-electron chi connectivity index (χ1n) is 12.4. The summed E-state index contributed by atoms with van der Waals surface area (Å²) in [5.41, 5.74) is 3.25. The van der Waals surface area contributed by atoms with Gasteiger partial charge < -0.3 is 18.9 Å². The van der Waals surface area contributed by atoms with E-state index in [4.69, 9.17) is 18.9 Å². The Kier molecular flexibility index (Phi) is 9.27. The van der Waals surface area contributed by atoms with Crippen molar-refractivity contribution >= 4 is 41.9 Å². The van der Waals surface area contributed by atoms with Gasteiger partial charge in [-0.3, -0.25) is 14.4 Å². The van der Waals surface area contributed by atoms with E-state index >= 15 is 0 Å². The molecule has 0 aliphatic carbocycles. The number of carbonyl (C=O) groups excluding carboxylic acids is 3. The fourth-order valence-electron chi connectivity index (χ4n) is 4.52. The van der Waals surface area contributed by atoms with Crippen LogP contribution >= 0.6 is 24.0 Å². The van der Waals surface area contributed by atoms with Gasteiger partial charge in [-0.05, 0) is 53.4 Å². The van der Waals surface area contributed by atoms with E-state index in [1.54, 1.807) is 0 Å². The molecule has 1 fully saturated rings. The SMILES string of the molecule is CC(=O)O[C@H]1OC(c2ccc(C)c(Cc3ccc(-c4ccc(F)c(F)c4)s3)c2)[C@H](S)[C@@H](OC(C)=O)[C@@H]1OC(C)=O. The zero-order valence-electron chi connectivity index (χ0n) is 22.2. The first-order chi connectivity index (χ1) is 18.9. The first-order valence-corrected chi connectivity index (χ1v) is 13.7. The van der Waals surface area contributed by atoms with E-state index in [2.05, 4.69) is 12.6 Å². The third-order valence-corrected chi connectivity index (χ3v) is 8.04. The van der Waals surface area contributed by atoms with Crippen molar-refractivity contribution < 1.29 is 42.1 Å². The number of thiol groups is 1. The fourth-order valence-corrected chi connectivity index (χ4v) is 6.02. The zero-order chi connectivity index (χ0) is 29.1. The van der Waals surface area contributed by atoms with Gasteiger partial charge in [0, 0.05) is 36.9 Å². The van der Waals surface area contributed by atoms with Crippen LogP contribution in [0.5, 0.6) is 0 Å². The summed E-state index contributed by atoms with van der Waals surface area (Å²) >= 11 is 6.15. The molecule has 2 aromatic carbocycles. The molecule has 5 atom stereocenters. The van der Waals surface area contributed by atoms with Gasteiger partial charge in [-0.1, -0.05) is 24.3 Å². The highest BCUT2D eigenvalue weighted by atomic mass is 32.1. The van der Waals surface area contributed by atoms with Crippen molar-refractivity contribution in [2.75, 3.05) is 0 Å². The number of esters is 3. The predicted molar refractivity (Wildman–Crippen MR) is 147 cm³/mol. The molecule has 0 bridgehead atoms. The third kappa shape index (κ3) is 6.89. The molecular formula is C29H28F2O7S2. The van der Waals surface area contributed by atoms with Crippen molar-refractivity contribution in [3.63, 3.8) is 0 Å². The third-order valence-electron chi connectivity index (χ3n) is 6.34. The molecule has 4 rings (SSSR count). The van der Waals surface area contributed by atoms with Gasteiger partial charge in [-0.15, -0.1) is 11.3 Å². The summed E-state index contributed by atoms with van der Waals surface area (Å²) in [7, 11) is 0. The van der Waals surface area contributed by atoms with Gasteiger partial charge in [0.05, 0.1) is 5.25 Å². The number of halogens is 2. The van der Waals surface area contributed by atoms with Crippen LogP contribution in [0.3, 0.4) is 0 Å². The average molecular weight is 591 g/mol. The molecule has 2 heterocycles. The van der Waals surface area contributed by atoms with Crippen LogP contribution in [0.15, 0.2) is 48.5 Å². The van der Waals surface area contributed by atoms with Crippen molar-refractivity contribution in [3.05, 3.63) is 81.7 Å². The van der Waals surface area contributed by atoms with E-state index in [1.165, 1.54) is 44.2 Å². The Hall–Kier alpha value is -3.28. The number of hydrogen-bond acceptors (Lipinski definition) is 9. The lowest BCUT2D eigenvalue weighted by molar-refractivity contribution is -0.266. The Morgan fingerprint density at radius 1 is 0.875 bits per heavy atom. The molecule has 1 aliphatic heterocycles. The van der Waals surface area contributed by atoms with E-state index in [9.17, 15) is 23.2 Å². The molecule has 0 spiro atoms. The van der Waals surface area contributed by atoms with Crippen LogP contribution in [0.1, 0.15) is 48.4 Å². The smallest absolute Gasteiger partial charge is 0.305 e. The van der Waals surface area contributed by atoms with Gasteiger partial charge in [-0.2, -0.15) is 12.6 Å². The number of rotatable bonds is 7. The summed E-state index contributed by atoms with van der Waals surface area (Å²) in [6, 6.07) is 13.3. The summed E-state index contributed by atoms with van der Waals surface area (Å²) < 4.78 is 49.3. The second kappa shape index (κ2) is 12.5. The molecule has 1 saturated heterocycles. The van der Waals surface area contributed by atoms with Crippen molar-refractivity contribution in [2.24, 2.45) is 0 Å². The van der Waals surface area contributed by atoms with Gasteiger partial charge in [-0.25, -0.2) is 8.78 Å². The van der Waals surface area contributed by atoms with Crippen LogP contribution in [-0.4, -0.2) is 41.7 Å². The molecule has 1 aromatic heterocycles. The van der Waals surface area contributed by atoms with E-state index in [1.807, 2.05) is 37.3 Å². The van der Waals surface area contributed by atoms with Crippen molar-refractivity contribution in [1.82, 2.24) is 0 Å². The Bertz CT molecular complexity index is 1420. The molecular weight excluding hydrogens is 562 g/mol. The Balaban J connectivity index is 1.63. The molecule has 1 aliphatic rings. The molecule has 0 saturated carbocycles. The molecule has 0 radical (unpaired) electrons. The Morgan fingerprint density at radius 2 is 1.55 bits per heavy atom.